The normalized spacial score (nSPS) is 20.4. The molecule has 6 nitrogen and oxygen atoms in total. The average molecular weight is 376 g/mol. The zero-order valence-electron chi connectivity index (χ0n) is 15.0. The summed E-state index contributed by atoms with van der Waals surface area (Å²) in [6, 6.07) is 12.4. The minimum atomic E-state index is 0. The molecule has 0 unspecified atom stereocenters. The molecule has 2 aliphatic rings. The summed E-state index contributed by atoms with van der Waals surface area (Å²) in [5.41, 5.74) is 2.05. The van der Waals surface area contributed by atoms with Crippen LogP contribution in [0, 0.1) is 0 Å². The molecular formula is C19H26ClN5O. The first kappa shape index (κ1) is 18.9. The fourth-order valence-electron chi connectivity index (χ4n) is 3.32. The van der Waals surface area contributed by atoms with Crippen LogP contribution in [-0.2, 0) is 4.79 Å². The van der Waals surface area contributed by atoms with Crippen molar-refractivity contribution in [1.82, 2.24) is 20.0 Å². The van der Waals surface area contributed by atoms with Crippen LogP contribution in [0.4, 0.5) is 5.82 Å². The van der Waals surface area contributed by atoms with Crippen molar-refractivity contribution in [2.75, 3.05) is 31.5 Å². The van der Waals surface area contributed by atoms with Gasteiger partial charge in [0.2, 0.25) is 5.91 Å². The number of halogens is 1. The van der Waals surface area contributed by atoms with Crippen molar-refractivity contribution in [1.29, 1.82) is 0 Å². The van der Waals surface area contributed by atoms with Gasteiger partial charge in [0.05, 0.1) is 17.9 Å². The van der Waals surface area contributed by atoms with E-state index in [1.54, 1.807) is 0 Å². The molecule has 7 heteroatoms. The van der Waals surface area contributed by atoms with E-state index in [-0.39, 0.29) is 18.3 Å². The Bertz CT molecular complexity index is 744. The molecule has 1 atom stereocenters. The number of piperazine rings is 1. The number of para-hydroxylation sites is 1. The molecule has 1 aliphatic heterocycles. The van der Waals surface area contributed by atoms with Gasteiger partial charge in [-0.15, -0.1) is 12.4 Å². The Kier molecular flexibility index (Phi) is 5.96. The number of carbonyl (C=O) groups excluding carboxylic acids is 1. The Hall–Kier alpha value is -1.89. The van der Waals surface area contributed by atoms with E-state index in [1.807, 2.05) is 41.1 Å². The monoisotopic (exact) mass is 375 g/mol. The lowest BCUT2D eigenvalue weighted by molar-refractivity contribution is -0.118. The van der Waals surface area contributed by atoms with Crippen molar-refractivity contribution in [3.8, 4) is 5.69 Å². The molecule has 0 spiro atoms. The number of nitrogens with one attached hydrogen (secondary N) is 2. The van der Waals surface area contributed by atoms with Crippen LogP contribution in [0.1, 0.15) is 31.4 Å². The molecule has 1 aromatic carbocycles. The van der Waals surface area contributed by atoms with Crippen LogP contribution in [0.15, 0.2) is 36.4 Å². The summed E-state index contributed by atoms with van der Waals surface area (Å²) in [5.74, 6) is 1.34. The van der Waals surface area contributed by atoms with Gasteiger partial charge in [0.25, 0.3) is 0 Å². The van der Waals surface area contributed by atoms with Gasteiger partial charge in [-0.3, -0.25) is 9.69 Å². The Balaban J connectivity index is 0.00000196. The number of hydrogen-bond donors (Lipinski definition) is 2. The molecule has 1 amide bonds. The van der Waals surface area contributed by atoms with Crippen molar-refractivity contribution in [3.63, 3.8) is 0 Å². The quantitative estimate of drug-likeness (QED) is 0.842. The van der Waals surface area contributed by atoms with E-state index in [1.165, 1.54) is 12.8 Å². The number of carbonyl (C=O) groups is 1. The molecule has 140 valence electrons. The minimum Gasteiger partial charge on any atom is -0.314 e. The Labute approximate surface area is 160 Å². The highest BCUT2D eigenvalue weighted by Gasteiger charge is 2.28. The molecule has 0 bridgehead atoms. The van der Waals surface area contributed by atoms with Gasteiger partial charge in [0, 0.05) is 37.7 Å². The lowest BCUT2D eigenvalue weighted by atomic mass is 10.2. The van der Waals surface area contributed by atoms with Gasteiger partial charge >= 0.3 is 0 Å². The fourth-order valence-corrected chi connectivity index (χ4v) is 3.32. The van der Waals surface area contributed by atoms with Crippen molar-refractivity contribution in [2.24, 2.45) is 0 Å². The topological polar surface area (TPSA) is 62.2 Å². The van der Waals surface area contributed by atoms with Crippen molar-refractivity contribution < 1.29 is 4.79 Å². The van der Waals surface area contributed by atoms with Crippen LogP contribution < -0.4 is 10.6 Å². The minimum absolute atomic E-state index is 0. The SMILES string of the molecule is C[C@H]1CNCCN1CC(=O)Nc1cc(C2CC2)nn1-c1ccccc1.Cl. The molecule has 26 heavy (non-hydrogen) atoms. The zero-order chi connectivity index (χ0) is 17.2. The number of anilines is 1. The lowest BCUT2D eigenvalue weighted by Crippen LogP contribution is -2.52. The Morgan fingerprint density at radius 3 is 2.77 bits per heavy atom. The third kappa shape index (κ3) is 4.26. The number of hydrogen-bond acceptors (Lipinski definition) is 4. The zero-order valence-corrected chi connectivity index (χ0v) is 15.8. The molecule has 1 saturated heterocycles. The number of benzene rings is 1. The summed E-state index contributed by atoms with van der Waals surface area (Å²) < 4.78 is 1.85. The van der Waals surface area contributed by atoms with Crippen LogP contribution in [0.2, 0.25) is 0 Å². The maximum atomic E-state index is 12.6. The highest BCUT2D eigenvalue weighted by atomic mass is 35.5. The number of aromatic nitrogens is 2. The second kappa shape index (κ2) is 8.20. The molecule has 2 fully saturated rings. The Morgan fingerprint density at radius 1 is 1.31 bits per heavy atom. The first-order valence-electron chi connectivity index (χ1n) is 9.11. The van der Waals surface area contributed by atoms with E-state index in [0.717, 1.165) is 36.8 Å². The number of nitrogens with zero attached hydrogens (tertiary/aromatic N) is 3. The number of rotatable bonds is 5. The largest absolute Gasteiger partial charge is 0.314 e. The summed E-state index contributed by atoms with van der Waals surface area (Å²) in [5, 5.41) is 11.2. The van der Waals surface area contributed by atoms with Crippen LogP contribution in [-0.4, -0.2) is 52.8 Å². The van der Waals surface area contributed by atoms with Gasteiger partial charge in [-0.2, -0.15) is 5.10 Å². The molecule has 2 aromatic rings. The van der Waals surface area contributed by atoms with E-state index in [2.05, 4.69) is 22.5 Å². The van der Waals surface area contributed by atoms with Gasteiger partial charge in [-0.1, -0.05) is 18.2 Å². The van der Waals surface area contributed by atoms with Crippen molar-refractivity contribution in [3.05, 3.63) is 42.1 Å². The molecular weight excluding hydrogens is 350 g/mol. The third-order valence-electron chi connectivity index (χ3n) is 4.98. The molecule has 2 N–H and O–H groups in total. The van der Waals surface area contributed by atoms with E-state index < -0.39 is 0 Å². The van der Waals surface area contributed by atoms with Gasteiger partial charge in [0.1, 0.15) is 5.82 Å². The van der Waals surface area contributed by atoms with E-state index in [9.17, 15) is 4.79 Å². The molecule has 1 aromatic heterocycles. The smallest absolute Gasteiger partial charge is 0.239 e. The molecule has 4 rings (SSSR count). The second-order valence-corrected chi connectivity index (χ2v) is 7.05. The lowest BCUT2D eigenvalue weighted by Gasteiger charge is -2.33. The van der Waals surface area contributed by atoms with E-state index >= 15 is 0 Å². The van der Waals surface area contributed by atoms with Crippen molar-refractivity contribution in [2.45, 2.75) is 31.7 Å². The average Bonchev–Trinajstić information content (AvgIpc) is 3.39. The fraction of sp³-hybridized carbons (Fsp3) is 0.474. The number of amides is 1. The maximum Gasteiger partial charge on any atom is 0.239 e. The van der Waals surface area contributed by atoms with Gasteiger partial charge in [-0.05, 0) is 31.9 Å². The molecule has 0 radical (unpaired) electrons. The predicted octanol–water partition coefficient (Wildman–Crippen LogP) is 2.40. The molecule has 1 aliphatic carbocycles. The summed E-state index contributed by atoms with van der Waals surface area (Å²) in [6.45, 7) is 5.34. The van der Waals surface area contributed by atoms with Crippen LogP contribution in [0.25, 0.3) is 5.69 Å². The van der Waals surface area contributed by atoms with E-state index in [4.69, 9.17) is 5.10 Å². The van der Waals surface area contributed by atoms with Crippen LogP contribution in [0.5, 0.6) is 0 Å². The molecule has 1 saturated carbocycles. The first-order chi connectivity index (χ1) is 12.2. The van der Waals surface area contributed by atoms with Crippen molar-refractivity contribution >= 4 is 24.1 Å². The van der Waals surface area contributed by atoms with Gasteiger partial charge < -0.3 is 10.6 Å². The maximum absolute atomic E-state index is 12.6. The first-order valence-corrected chi connectivity index (χ1v) is 9.11. The highest BCUT2D eigenvalue weighted by molar-refractivity contribution is 5.91. The van der Waals surface area contributed by atoms with Gasteiger partial charge in [-0.25, -0.2) is 4.68 Å². The summed E-state index contributed by atoms with van der Waals surface area (Å²) in [7, 11) is 0. The summed E-state index contributed by atoms with van der Waals surface area (Å²) in [4.78, 5) is 14.8. The second-order valence-electron chi connectivity index (χ2n) is 7.05. The van der Waals surface area contributed by atoms with Crippen LogP contribution >= 0.6 is 12.4 Å². The predicted molar refractivity (Wildman–Crippen MR) is 105 cm³/mol. The highest BCUT2D eigenvalue weighted by Crippen LogP contribution is 2.40. The van der Waals surface area contributed by atoms with E-state index in [0.29, 0.717) is 18.5 Å². The third-order valence-corrected chi connectivity index (χ3v) is 4.98. The molecule has 2 heterocycles. The van der Waals surface area contributed by atoms with Gasteiger partial charge in [0.15, 0.2) is 0 Å². The standard InChI is InChI=1S/C19H25N5O.ClH/c1-14-12-20-9-10-23(14)13-19(25)21-18-11-17(15-7-8-15)22-24(18)16-5-3-2-4-6-16;/h2-6,11,14-15,20H,7-10,12-13H2,1H3,(H,21,25);1H/t14-;/m0./s1. The Morgan fingerprint density at radius 2 is 2.08 bits per heavy atom. The summed E-state index contributed by atoms with van der Waals surface area (Å²) in [6.07, 6.45) is 2.38. The summed E-state index contributed by atoms with van der Waals surface area (Å²) >= 11 is 0. The van der Waals surface area contributed by atoms with Crippen LogP contribution in [0.3, 0.4) is 0 Å².